The number of nitrogens with one attached hydrogen (secondary N) is 3. The van der Waals surface area contributed by atoms with E-state index in [0.717, 1.165) is 4.88 Å². The zero-order valence-corrected chi connectivity index (χ0v) is 18.8. The lowest BCUT2D eigenvalue weighted by Crippen LogP contribution is -2.40. The molecular formula is C23H21N5O2S2. The summed E-state index contributed by atoms with van der Waals surface area (Å²) in [6.45, 7) is 1.73. The summed E-state index contributed by atoms with van der Waals surface area (Å²) in [6, 6.07) is 20.5. The maximum atomic E-state index is 13.3. The van der Waals surface area contributed by atoms with Gasteiger partial charge in [-0.25, -0.2) is 0 Å². The highest BCUT2D eigenvalue weighted by molar-refractivity contribution is 7.71. The van der Waals surface area contributed by atoms with Crippen LogP contribution in [0.5, 0.6) is 0 Å². The molecule has 0 spiro atoms. The van der Waals surface area contributed by atoms with E-state index in [-0.39, 0.29) is 11.8 Å². The standard InChI is InChI=1S/C23H21N5O2S2/c1-15(28-20(26-27-23(28)31)18-13-8-14-32-18)21(29)25-19(16-9-4-2-5-10-16)22(30)24-17-11-6-3-7-12-17/h2-15,19H,1H3,(H,24,30)(H,25,29)(H,27,31). The Kier molecular flexibility index (Phi) is 6.58. The number of benzene rings is 2. The van der Waals surface area contributed by atoms with Gasteiger partial charge in [-0.1, -0.05) is 54.6 Å². The minimum Gasteiger partial charge on any atom is -0.339 e. The number of anilines is 1. The van der Waals surface area contributed by atoms with E-state index in [4.69, 9.17) is 12.2 Å². The van der Waals surface area contributed by atoms with Gasteiger partial charge in [0.1, 0.15) is 12.1 Å². The predicted octanol–water partition coefficient (Wildman–Crippen LogP) is 4.73. The van der Waals surface area contributed by atoms with Crippen LogP contribution in [-0.4, -0.2) is 26.6 Å². The third-order valence-corrected chi connectivity index (χ3v) is 6.09. The van der Waals surface area contributed by atoms with Gasteiger partial charge < -0.3 is 10.6 Å². The summed E-state index contributed by atoms with van der Waals surface area (Å²) in [5.74, 6) is -0.104. The Morgan fingerprint density at radius 2 is 1.69 bits per heavy atom. The molecule has 2 aromatic heterocycles. The highest BCUT2D eigenvalue weighted by Gasteiger charge is 2.27. The Bertz CT molecular complexity index is 1250. The van der Waals surface area contributed by atoms with Gasteiger partial charge >= 0.3 is 0 Å². The zero-order chi connectivity index (χ0) is 22.5. The van der Waals surface area contributed by atoms with Crippen LogP contribution in [0.4, 0.5) is 5.69 Å². The van der Waals surface area contributed by atoms with Gasteiger partial charge in [0.05, 0.1) is 4.88 Å². The van der Waals surface area contributed by atoms with Crippen molar-refractivity contribution in [2.75, 3.05) is 5.32 Å². The number of aromatic amines is 1. The highest BCUT2D eigenvalue weighted by Crippen LogP contribution is 2.26. The molecule has 7 nitrogen and oxygen atoms in total. The number of amides is 2. The predicted molar refractivity (Wildman–Crippen MR) is 128 cm³/mol. The van der Waals surface area contributed by atoms with Crippen molar-refractivity contribution in [3.8, 4) is 10.7 Å². The molecule has 0 aliphatic rings. The number of carbonyl (C=O) groups is 2. The van der Waals surface area contributed by atoms with E-state index >= 15 is 0 Å². The number of hydrogen-bond donors (Lipinski definition) is 3. The number of carbonyl (C=O) groups excluding carboxylic acids is 2. The highest BCUT2D eigenvalue weighted by atomic mass is 32.1. The topological polar surface area (TPSA) is 91.8 Å². The molecule has 32 heavy (non-hydrogen) atoms. The van der Waals surface area contributed by atoms with Crippen molar-refractivity contribution in [2.45, 2.75) is 19.0 Å². The summed E-state index contributed by atoms with van der Waals surface area (Å²) in [6.07, 6.45) is 0. The van der Waals surface area contributed by atoms with E-state index < -0.39 is 12.1 Å². The summed E-state index contributed by atoms with van der Waals surface area (Å²) < 4.78 is 1.99. The molecule has 9 heteroatoms. The Balaban J connectivity index is 1.60. The number of rotatable bonds is 7. The Hall–Kier alpha value is -3.56. The number of para-hydroxylation sites is 1. The lowest BCUT2D eigenvalue weighted by Gasteiger charge is -2.22. The molecule has 2 heterocycles. The molecule has 4 aromatic rings. The van der Waals surface area contributed by atoms with Crippen LogP contribution in [0.3, 0.4) is 0 Å². The van der Waals surface area contributed by atoms with Crippen molar-refractivity contribution in [3.05, 3.63) is 88.5 Å². The van der Waals surface area contributed by atoms with E-state index in [0.29, 0.717) is 21.8 Å². The molecular weight excluding hydrogens is 442 g/mol. The van der Waals surface area contributed by atoms with Crippen LogP contribution in [0.2, 0.25) is 0 Å². The van der Waals surface area contributed by atoms with Gasteiger partial charge in [0.2, 0.25) is 5.91 Å². The number of nitrogens with zero attached hydrogens (tertiary/aromatic N) is 2. The van der Waals surface area contributed by atoms with Crippen molar-refractivity contribution in [3.63, 3.8) is 0 Å². The number of hydrogen-bond acceptors (Lipinski definition) is 5. The van der Waals surface area contributed by atoms with E-state index in [9.17, 15) is 9.59 Å². The second kappa shape index (κ2) is 9.71. The van der Waals surface area contributed by atoms with Gasteiger partial charge in [0.25, 0.3) is 5.91 Å². The quantitative estimate of drug-likeness (QED) is 0.346. The molecule has 0 fully saturated rings. The van der Waals surface area contributed by atoms with Crippen LogP contribution < -0.4 is 10.6 Å². The first-order valence-corrected chi connectivity index (χ1v) is 11.3. The summed E-state index contributed by atoms with van der Waals surface area (Å²) >= 11 is 6.88. The molecule has 2 amide bonds. The van der Waals surface area contributed by atoms with Gasteiger partial charge in [-0.3, -0.25) is 19.3 Å². The minimum absolute atomic E-state index is 0.334. The van der Waals surface area contributed by atoms with Crippen LogP contribution >= 0.6 is 23.6 Å². The van der Waals surface area contributed by atoms with Gasteiger partial charge in [0.15, 0.2) is 10.6 Å². The molecule has 0 radical (unpaired) electrons. The molecule has 0 saturated carbocycles. The summed E-state index contributed by atoms with van der Waals surface area (Å²) in [5.41, 5.74) is 1.33. The van der Waals surface area contributed by atoms with Crippen LogP contribution in [0.25, 0.3) is 10.7 Å². The molecule has 3 N–H and O–H groups in total. The Morgan fingerprint density at radius 3 is 2.34 bits per heavy atom. The molecule has 0 bridgehead atoms. The molecule has 0 saturated heterocycles. The maximum Gasteiger partial charge on any atom is 0.251 e. The average molecular weight is 464 g/mol. The summed E-state index contributed by atoms with van der Waals surface area (Å²) in [4.78, 5) is 27.3. The van der Waals surface area contributed by atoms with Gasteiger partial charge in [-0.15, -0.1) is 11.3 Å². The van der Waals surface area contributed by atoms with Crippen molar-refractivity contribution in [2.24, 2.45) is 0 Å². The fourth-order valence-corrected chi connectivity index (χ4v) is 4.31. The maximum absolute atomic E-state index is 13.3. The second-order valence-electron chi connectivity index (χ2n) is 7.08. The molecule has 0 aliphatic carbocycles. The minimum atomic E-state index is -0.877. The lowest BCUT2D eigenvalue weighted by molar-refractivity contribution is -0.128. The molecule has 4 rings (SSSR count). The SMILES string of the molecule is CC(C(=O)NC(C(=O)Nc1ccccc1)c1ccccc1)n1c(-c2cccs2)n[nH]c1=S. The van der Waals surface area contributed by atoms with E-state index in [1.54, 1.807) is 35.8 Å². The van der Waals surface area contributed by atoms with Crippen LogP contribution in [-0.2, 0) is 9.59 Å². The Labute approximate surface area is 194 Å². The normalized spacial score (nSPS) is 12.7. The first-order chi connectivity index (χ1) is 15.5. The third kappa shape index (κ3) is 4.68. The van der Waals surface area contributed by atoms with Crippen LogP contribution in [0, 0.1) is 4.77 Å². The van der Waals surface area contributed by atoms with Gasteiger partial charge in [-0.2, -0.15) is 5.10 Å². The number of H-pyrrole nitrogens is 1. The summed E-state index contributed by atoms with van der Waals surface area (Å²) in [5, 5.41) is 14.7. The van der Waals surface area contributed by atoms with Gasteiger partial charge in [0, 0.05) is 5.69 Å². The van der Waals surface area contributed by atoms with Crippen molar-refractivity contribution >= 4 is 41.1 Å². The number of thiophene rings is 1. The molecule has 2 unspecified atom stereocenters. The molecule has 2 atom stereocenters. The second-order valence-corrected chi connectivity index (χ2v) is 8.42. The smallest absolute Gasteiger partial charge is 0.251 e. The van der Waals surface area contributed by atoms with Crippen molar-refractivity contribution in [1.29, 1.82) is 0 Å². The average Bonchev–Trinajstić information content (AvgIpc) is 3.47. The fraction of sp³-hybridized carbons (Fsp3) is 0.130. The van der Waals surface area contributed by atoms with E-state index in [1.165, 1.54) is 11.3 Å². The lowest BCUT2D eigenvalue weighted by atomic mass is 10.1. The third-order valence-electron chi connectivity index (χ3n) is 4.94. The molecule has 162 valence electrons. The van der Waals surface area contributed by atoms with E-state index in [2.05, 4.69) is 20.8 Å². The zero-order valence-electron chi connectivity index (χ0n) is 17.2. The van der Waals surface area contributed by atoms with Crippen molar-refractivity contribution < 1.29 is 9.59 Å². The molecule has 0 aliphatic heterocycles. The first kappa shape index (κ1) is 21.7. The Morgan fingerprint density at radius 1 is 1.00 bits per heavy atom. The van der Waals surface area contributed by atoms with E-state index in [1.807, 2.05) is 53.9 Å². The van der Waals surface area contributed by atoms with Crippen LogP contribution in [0.15, 0.2) is 78.2 Å². The number of aromatic nitrogens is 3. The fourth-order valence-electron chi connectivity index (χ4n) is 3.31. The van der Waals surface area contributed by atoms with Crippen LogP contribution in [0.1, 0.15) is 24.6 Å². The van der Waals surface area contributed by atoms with Crippen molar-refractivity contribution in [1.82, 2.24) is 20.1 Å². The molecule has 2 aromatic carbocycles. The monoisotopic (exact) mass is 463 g/mol. The van der Waals surface area contributed by atoms with Gasteiger partial charge in [-0.05, 0) is 48.3 Å². The first-order valence-electron chi connectivity index (χ1n) is 9.96. The summed E-state index contributed by atoms with van der Waals surface area (Å²) in [7, 11) is 0. The largest absolute Gasteiger partial charge is 0.339 e.